The average Bonchev–Trinajstić information content (AvgIpc) is 2.71. The molecule has 152 valence electrons. The summed E-state index contributed by atoms with van der Waals surface area (Å²) < 4.78 is 10.5. The van der Waals surface area contributed by atoms with Gasteiger partial charge in [0, 0.05) is 17.5 Å². The van der Waals surface area contributed by atoms with E-state index in [4.69, 9.17) is 20.9 Å². The minimum Gasteiger partial charge on any atom is -0.458 e. The standard InChI is InChI=1S/C24H22N2O4/c1-16-2-7-19(8-3-16)24(28)30-22-9-4-17(5-10-22)6-11-23(27)29-15-18-12-20(25)14-21(26)13-18/h2-14H,15,25-26H2,1H3/b11-6+. The predicted octanol–water partition coefficient (Wildman–Crippen LogP) is 4.14. The van der Waals surface area contributed by atoms with Crippen LogP contribution >= 0.6 is 0 Å². The number of carbonyl (C=O) groups excluding carboxylic acids is 2. The monoisotopic (exact) mass is 402 g/mol. The molecule has 0 radical (unpaired) electrons. The third kappa shape index (κ3) is 5.97. The van der Waals surface area contributed by atoms with E-state index in [0.717, 1.165) is 11.1 Å². The van der Waals surface area contributed by atoms with Crippen molar-refractivity contribution < 1.29 is 19.1 Å². The van der Waals surface area contributed by atoms with Crippen LogP contribution in [0.3, 0.4) is 0 Å². The Hall–Kier alpha value is -4.06. The number of anilines is 2. The maximum Gasteiger partial charge on any atom is 0.343 e. The van der Waals surface area contributed by atoms with Crippen molar-refractivity contribution in [2.24, 2.45) is 0 Å². The molecule has 0 fully saturated rings. The maximum atomic E-state index is 12.1. The van der Waals surface area contributed by atoms with Crippen LogP contribution in [0.1, 0.15) is 27.0 Å². The van der Waals surface area contributed by atoms with E-state index < -0.39 is 11.9 Å². The number of aryl methyl sites for hydroxylation is 1. The van der Waals surface area contributed by atoms with E-state index >= 15 is 0 Å². The van der Waals surface area contributed by atoms with Gasteiger partial charge in [-0.25, -0.2) is 9.59 Å². The van der Waals surface area contributed by atoms with Gasteiger partial charge in [0.15, 0.2) is 0 Å². The van der Waals surface area contributed by atoms with Crippen molar-refractivity contribution in [3.05, 3.63) is 95.1 Å². The Balaban J connectivity index is 1.52. The highest BCUT2D eigenvalue weighted by molar-refractivity contribution is 5.91. The zero-order valence-corrected chi connectivity index (χ0v) is 16.5. The molecule has 0 saturated carbocycles. The van der Waals surface area contributed by atoms with Crippen LogP contribution < -0.4 is 16.2 Å². The third-order valence-electron chi connectivity index (χ3n) is 4.21. The first-order valence-electron chi connectivity index (χ1n) is 9.28. The molecule has 0 aliphatic heterocycles. The summed E-state index contributed by atoms with van der Waals surface area (Å²) >= 11 is 0. The first kappa shape index (κ1) is 20.7. The maximum absolute atomic E-state index is 12.1. The fraction of sp³-hybridized carbons (Fsp3) is 0.0833. The van der Waals surface area contributed by atoms with Crippen molar-refractivity contribution in [2.75, 3.05) is 11.5 Å². The topological polar surface area (TPSA) is 105 Å². The van der Waals surface area contributed by atoms with Gasteiger partial charge in [-0.3, -0.25) is 0 Å². The first-order valence-corrected chi connectivity index (χ1v) is 9.28. The second-order valence-corrected chi connectivity index (χ2v) is 6.77. The highest BCUT2D eigenvalue weighted by atomic mass is 16.5. The Bertz CT molecular complexity index is 1050. The normalized spacial score (nSPS) is 10.7. The second kappa shape index (κ2) is 9.43. The summed E-state index contributed by atoms with van der Waals surface area (Å²) in [6, 6.07) is 19.0. The van der Waals surface area contributed by atoms with Crippen LogP contribution in [0.15, 0.2) is 72.8 Å². The molecule has 3 aromatic carbocycles. The molecule has 0 bridgehead atoms. The molecule has 0 spiro atoms. The Kier molecular flexibility index (Phi) is 6.49. The van der Waals surface area contributed by atoms with Gasteiger partial charge < -0.3 is 20.9 Å². The van der Waals surface area contributed by atoms with Crippen LogP contribution in [0.2, 0.25) is 0 Å². The smallest absolute Gasteiger partial charge is 0.343 e. The van der Waals surface area contributed by atoms with Crippen LogP contribution in [0.5, 0.6) is 5.75 Å². The van der Waals surface area contributed by atoms with Crippen molar-refractivity contribution in [1.82, 2.24) is 0 Å². The van der Waals surface area contributed by atoms with E-state index in [1.165, 1.54) is 6.08 Å². The summed E-state index contributed by atoms with van der Waals surface area (Å²) in [4.78, 5) is 24.1. The van der Waals surface area contributed by atoms with Crippen LogP contribution in [0, 0.1) is 6.92 Å². The second-order valence-electron chi connectivity index (χ2n) is 6.77. The predicted molar refractivity (Wildman–Crippen MR) is 117 cm³/mol. The van der Waals surface area contributed by atoms with E-state index in [-0.39, 0.29) is 6.61 Å². The summed E-state index contributed by atoms with van der Waals surface area (Å²) in [5, 5.41) is 0. The molecular formula is C24H22N2O4. The summed E-state index contributed by atoms with van der Waals surface area (Å²) in [7, 11) is 0. The highest BCUT2D eigenvalue weighted by Gasteiger charge is 2.08. The number of esters is 2. The Morgan fingerprint density at radius 1 is 0.900 bits per heavy atom. The zero-order chi connectivity index (χ0) is 21.5. The zero-order valence-electron chi connectivity index (χ0n) is 16.5. The molecule has 0 aromatic heterocycles. The highest BCUT2D eigenvalue weighted by Crippen LogP contribution is 2.17. The molecule has 6 heteroatoms. The number of benzene rings is 3. The molecule has 0 aliphatic rings. The lowest BCUT2D eigenvalue weighted by Crippen LogP contribution is -2.08. The molecule has 3 aromatic rings. The molecule has 6 nitrogen and oxygen atoms in total. The largest absolute Gasteiger partial charge is 0.458 e. The summed E-state index contributed by atoms with van der Waals surface area (Å²) in [6.45, 7) is 2.02. The van der Waals surface area contributed by atoms with E-state index in [9.17, 15) is 9.59 Å². The number of carbonyl (C=O) groups is 2. The van der Waals surface area contributed by atoms with E-state index in [1.807, 2.05) is 19.1 Å². The van der Waals surface area contributed by atoms with Gasteiger partial charge in [-0.15, -0.1) is 0 Å². The summed E-state index contributed by atoms with van der Waals surface area (Å²) in [5.41, 5.74) is 15.5. The van der Waals surface area contributed by atoms with Gasteiger partial charge >= 0.3 is 11.9 Å². The number of hydrogen-bond acceptors (Lipinski definition) is 6. The van der Waals surface area contributed by atoms with Crippen LogP contribution in [-0.2, 0) is 16.1 Å². The SMILES string of the molecule is Cc1ccc(C(=O)Oc2ccc(/C=C/C(=O)OCc3cc(N)cc(N)c3)cc2)cc1. The number of nitrogen functional groups attached to an aromatic ring is 2. The number of rotatable bonds is 6. The molecule has 0 saturated heterocycles. The van der Waals surface area contributed by atoms with Gasteiger partial charge in [0.05, 0.1) is 5.56 Å². The lowest BCUT2D eigenvalue weighted by molar-refractivity contribution is -0.138. The van der Waals surface area contributed by atoms with Gasteiger partial charge in [-0.2, -0.15) is 0 Å². The van der Waals surface area contributed by atoms with E-state index in [2.05, 4.69) is 0 Å². The van der Waals surface area contributed by atoms with Crippen molar-refractivity contribution in [3.63, 3.8) is 0 Å². The van der Waals surface area contributed by atoms with Crippen molar-refractivity contribution in [3.8, 4) is 5.75 Å². The molecule has 30 heavy (non-hydrogen) atoms. The van der Waals surface area contributed by atoms with Crippen molar-refractivity contribution in [2.45, 2.75) is 13.5 Å². The molecule has 0 heterocycles. The van der Waals surface area contributed by atoms with E-state index in [1.54, 1.807) is 60.7 Å². The van der Waals surface area contributed by atoms with Crippen LogP contribution in [-0.4, -0.2) is 11.9 Å². The minimum absolute atomic E-state index is 0.0757. The molecule has 0 atom stereocenters. The number of ether oxygens (including phenoxy) is 2. The Labute approximate surface area is 174 Å². The van der Waals surface area contributed by atoms with Crippen LogP contribution in [0.25, 0.3) is 6.08 Å². The third-order valence-corrected chi connectivity index (χ3v) is 4.21. The first-order chi connectivity index (χ1) is 14.4. The molecule has 3 rings (SSSR count). The Morgan fingerprint density at radius 2 is 1.53 bits per heavy atom. The minimum atomic E-state index is -0.495. The molecular weight excluding hydrogens is 380 g/mol. The van der Waals surface area contributed by atoms with Gasteiger partial charge in [0.2, 0.25) is 0 Å². The fourth-order valence-corrected chi connectivity index (χ4v) is 2.70. The fourth-order valence-electron chi connectivity index (χ4n) is 2.70. The lowest BCUT2D eigenvalue weighted by atomic mass is 10.1. The van der Waals surface area contributed by atoms with Gasteiger partial charge in [0.1, 0.15) is 12.4 Å². The molecule has 0 unspecified atom stereocenters. The van der Waals surface area contributed by atoms with Crippen molar-refractivity contribution >= 4 is 29.4 Å². The summed E-state index contributed by atoms with van der Waals surface area (Å²) in [6.07, 6.45) is 2.94. The molecule has 0 aliphatic carbocycles. The van der Waals surface area contributed by atoms with Gasteiger partial charge in [-0.05, 0) is 66.6 Å². The van der Waals surface area contributed by atoms with Crippen molar-refractivity contribution in [1.29, 1.82) is 0 Å². The van der Waals surface area contributed by atoms with Gasteiger partial charge in [-0.1, -0.05) is 29.8 Å². The average molecular weight is 402 g/mol. The molecule has 4 N–H and O–H groups in total. The van der Waals surface area contributed by atoms with Gasteiger partial charge in [0.25, 0.3) is 0 Å². The Morgan fingerprint density at radius 3 is 2.17 bits per heavy atom. The lowest BCUT2D eigenvalue weighted by Gasteiger charge is -2.06. The molecule has 0 amide bonds. The van der Waals surface area contributed by atoms with E-state index in [0.29, 0.717) is 28.3 Å². The number of nitrogens with two attached hydrogens (primary N) is 2. The van der Waals surface area contributed by atoms with Crippen LogP contribution in [0.4, 0.5) is 11.4 Å². The number of hydrogen-bond donors (Lipinski definition) is 2. The summed E-state index contributed by atoms with van der Waals surface area (Å²) in [5.74, 6) is -0.505. The quantitative estimate of drug-likeness (QED) is 0.278.